The SMILES string of the molecule is COc1cc(C(=O)OCC(=O)NCCC2=CCCCC2)ccc1OC(F)F. The summed E-state index contributed by atoms with van der Waals surface area (Å²) in [5, 5.41) is 2.71. The van der Waals surface area contributed by atoms with Gasteiger partial charge in [0.25, 0.3) is 5.91 Å². The molecule has 0 heterocycles. The Morgan fingerprint density at radius 1 is 1.22 bits per heavy atom. The Morgan fingerprint density at radius 3 is 2.70 bits per heavy atom. The highest BCUT2D eigenvalue weighted by Gasteiger charge is 2.16. The van der Waals surface area contributed by atoms with Crippen LogP contribution in [0.25, 0.3) is 0 Å². The van der Waals surface area contributed by atoms with Gasteiger partial charge < -0.3 is 19.5 Å². The molecular weight excluding hydrogens is 360 g/mol. The third-order valence-electron chi connectivity index (χ3n) is 4.10. The minimum atomic E-state index is -3.01. The summed E-state index contributed by atoms with van der Waals surface area (Å²) in [7, 11) is 1.26. The Morgan fingerprint density at radius 2 is 2.04 bits per heavy atom. The number of esters is 1. The number of amides is 1. The molecule has 0 saturated heterocycles. The van der Waals surface area contributed by atoms with Gasteiger partial charge in [-0.05, 0) is 50.3 Å². The van der Waals surface area contributed by atoms with E-state index in [1.807, 2.05) is 0 Å². The van der Waals surface area contributed by atoms with Crippen LogP contribution in [-0.4, -0.2) is 38.7 Å². The first-order chi connectivity index (χ1) is 13.0. The molecule has 0 radical (unpaired) electrons. The summed E-state index contributed by atoms with van der Waals surface area (Å²) in [5.41, 5.74) is 1.41. The number of hydrogen-bond donors (Lipinski definition) is 1. The van der Waals surface area contributed by atoms with Crippen LogP contribution in [0.3, 0.4) is 0 Å². The Labute approximate surface area is 156 Å². The van der Waals surface area contributed by atoms with Crippen LogP contribution in [0.2, 0.25) is 0 Å². The first kappa shape index (κ1) is 20.7. The second kappa shape index (κ2) is 10.5. The molecule has 2 rings (SSSR count). The number of rotatable bonds is 9. The van der Waals surface area contributed by atoms with Gasteiger partial charge in [-0.15, -0.1) is 0 Å². The van der Waals surface area contributed by atoms with Crippen LogP contribution in [-0.2, 0) is 9.53 Å². The molecule has 1 amide bonds. The molecule has 0 bridgehead atoms. The average molecular weight is 383 g/mol. The molecule has 0 aliphatic heterocycles. The van der Waals surface area contributed by atoms with E-state index in [4.69, 9.17) is 9.47 Å². The van der Waals surface area contributed by atoms with Crippen molar-refractivity contribution < 1.29 is 32.6 Å². The molecule has 0 saturated carbocycles. The van der Waals surface area contributed by atoms with E-state index in [2.05, 4.69) is 16.1 Å². The van der Waals surface area contributed by atoms with E-state index in [1.165, 1.54) is 43.7 Å². The lowest BCUT2D eigenvalue weighted by Crippen LogP contribution is -2.29. The lowest BCUT2D eigenvalue weighted by atomic mass is 9.97. The number of nitrogens with one attached hydrogen (secondary N) is 1. The molecule has 27 heavy (non-hydrogen) atoms. The summed E-state index contributed by atoms with van der Waals surface area (Å²) in [6, 6.07) is 3.66. The van der Waals surface area contributed by atoms with Crippen molar-refractivity contribution in [1.29, 1.82) is 0 Å². The van der Waals surface area contributed by atoms with Crippen LogP contribution < -0.4 is 14.8 Å². The summed E-state index contributed by atoms with van der Waals surface area (Å²) < 4.78 is 38.8. The fourth-order valence-corrected chi connectivity index (χ4v) is 2.75. The van der Waals surface area contributed by atoms with E-state index >= 15 is 0 Å². The Bertz CT molecular complexity index is 691. The minimum absolute atomic E-state index is 0.0324. The van der Waals surface area contributed by atoms with Gasteiger partial charge in [0.2, 0.25) is 0 Å². The van der Waals surface area contributed by atoms with Gasteiger partial charge in [-0.2, -0.15) is 8.78 Å². The molecule has 1 aliphatic rings. The number of ether oxygens (including phenoxy) is 3. The quantitative estimate of drug-likeness (QED) is 0.522. The highest BCUT2D eigenvalue weighted by Crippen LogP contribution is 2.29. The standard InChI is InChI=1S/C19H23F2NO5/c1-25-16-11-14(7-8-15(16)27-19(20)21)18(24)26-12-17(23)22-10-9-13-5-3-2-4-6-13/h5,7-8,11,19H,2-4,6,9-10,12H2,1H3,(H,22,23). The fraction of sp³-hybridized carbons (Fsp3) is 0.474. The summed E-state index contributed by atoms with van der Waals surface area (Å²) in [5.74, 6) is -1.39. The Balaban J connectivity index is 1.78. The molecular formula is C19H23F2NO5. The van der Waals surface area contributed by atoms with E-state index in [0.29, 0.717) is 6.54 Å². The maximum atomic E-state index is 12.3. The number of allylic oxidation sites excluding steroid dienone is 1. The number of hydrogen-bond acceptors (Lipinski definition) is 5. The van der Waals surface area contributed by atoms with Crippen LogP contribution in [0.5, 0.6) is 11.5 Å². The molecule has 1 N–H and O–H groups in total. The van der Waals surface area contributed by atoms with Crippen LogP contribution in [0.1, 0.15) is 42.5 Å². The minimum Gasteiger partial charge on any atom is -0.493 e. The second-order valence-electron chi connectivity index (χ2n) is 6.03. The summed E-state index contributed by atoms with van der Waals surface area (Å²) in [4.78, 5) is 23.8. The topological polar surface area (TPSA) is 73.9 Å². The first-order valence-electron chi connectivity index (χ1n) is 8.74. The van der Waals surface area contributed by atoms with Crippen LogP contribution in [0, 0.1) is 0 Å². The van der Waals surface area contributed by atoms with Crippen LogP contribution >= 0.6 is 0 Å². The highest BCUT2D eigenvalue weighted by molar-refractivity contribution is 5.92. The van der Waals surface area contributed by atoms with Gasteiger partial charge in [-0.3, -0.25) is 4.79 Å². The third-order valence-corrected chi connectivity index (χ3v) is 4.10. The zero-order chi connectivity index (χ0) is 19.6. The summed E-state index contributed by atoms with van der Waals surface area (Å²) in [6.07, 6.45) is 7.56. The number of methoxy groups -OCH3 is 1. The summed E-state index contributed by atoms with van der Waals surface area (Å²) in [6.45, 7) is -2.93. The molecule has 148 valence electrons. The molecule has 1 aliphatic carbocycles. The van der Waals surface area contributed by atoms with Gasteiger partial charge in [-0.1, -0.05) is 11.6 Å². The lowest BCUT2D eigenvalue weighted by Gasteiger charge is -2.13. The van der Waals surface area contributed by atoms with Gasteiger partial charge in [-0.25, -0.2) is 4.79 Å². The van der Waals surface area contributed by atoms with Gasteiger partial charge in [0, 0.05) is 6.54 Å². The van der Waals surface area contributed by atoms with Crippen molar-refractivity contribution in [3.63, 3.8) is 0 Å². The number of carbonyl (C=O) groups is 2. The number of carbonyl (C=O) groups excluding carboxylic acids is 2. The van der Waals surface area contributed by atoms with Crippen LogP contribution in [0.15, 0.2) is 29.8 Å². The first-order valence-corrected chi connectivity index (χ1v) is 8.74. The van der Waals surface area contributed by atoms with Crippen molar-refractivity contribution in [1.82, 2.24) is 5.32 Å². The molecule has 8 heteroatoms. The Hall–Kier alpha value is -2.64. The maximum absolute atomic E-state index is 12.3. The van der Waals surface area contributed by atoms with Gasteiger partial charge in [0.05, 0.1) is 12.7 Å². The van der Waals surface area contributed by atoms with Crippen molar-refractivity contribution in [2.24, 2.45) is 0 Å². The molecule has 1 aromatic rings. The lowest BCUT2D eigenvalue weighted by molar-refractivity contribution is -0.124. The molecule has 6 nitrogen and oxygen atoms in total. The van der Waals surface area contributed by atoms with E-state index in [0.717, 1.165) is 19.3 Å². The highest BCUT2D eigenvalue weighted by atomic mass is 19.3. The smallest absolute Gasteiger partial charge is 0.387 e. The zero-order valence-electron chi connectivity index (χ0n) is 15.1. The van der Waals surface area contributed by atoms with Crippen molar-refractivity contribution in [3.05, 3.63) is 35.4 Å². The summed E-state index contributed by atoms with van der Waals surface area (Å²) >= 11 is 0. The van der Waals surface area contributed by atoms with Crippen molar-refractivity contribution in [2.75, 3.05) is 20.3 Å². The largest absolute Gasteiger partial charge is 0.493 e. The number of benzene rings is 1. The van der Waals surface area contributed by atoms with E-state index < -0.39 is 25.1 Å². The van der Waals surface area contributed by atoms with Crippen molar-refractivity contribution >= 4 is 11.9 Å². The normalized spacial score (nSPS) is 13.7. The van der Waals surface area contributed by atoms with Crippen LogP contribution in [0.4, 0.5) is 8.78 Å². The maximum Gasteiger partial charge on any atom is 0.387 e. The number of halogens is 2. The Kier molecular flexibility index (Phi) is 8.03. The van der Waals surface area contributed by atoms with Gasteiger partial charge in [0.15, 0.2) is 18.1 Å². The number of alkyl halides is 2. The molecule has 0 spiro atoms. The molecule has 0 unspecified atom stereocenters. The predicted octanol–water partition coefficient (Wildman–Crippen LogP) is 3.46. The van der Waals surface area contributed by atoms with Gasteiger partial charge >= 0.3 is 12.6 Å². The predicted molar refractivity (Wildman–Crippen MR) is 94.1 cm³/mol. The van der Waals surface area contributed by atoms with Crippen molar-refractivity contribution in [2.45, 2.75) is 38.7 Å². The van der Waals surface area contributed by atoms with Gasteiger partial charge in [0.1, 0.15) is 0 Å². The molecule has 0 aromatic heterocycles. The fourth-order valence-electron chi connectivity index (χ4n) is 2.75. The molecule has 1 aromatic carbocycles. The van der Waals surface area contributed by atoms with E-state index in [1.54, 1.807) is 0 Å². The van der Waals surface area contributed by atoms with Crippen molar-refractivity contribution in [3.8, 4) is 11.5 Å². The average Bonchev–Trinajstić information content (AvgIpc) is 2.66. The molecule has 0 atom stereocenters. The van der Waals surface area contributed by atoms with E-state index in [9.17, 15) is 18.4 Å². The monoisotopic (exact) mass is 383 g/mol. The second-order valence-corrected chi connectivity index (χ2v) is 6.03. The zero-order valence-corrected chi connectivity index (χ0v) is 15.1. The molecule has 0 fully saturated rings. The third kappa shape index (κ3) is 6.88. The van der Waals surface area contributed by atoms with E-state index in [-0.39, 0.29) is 17.1 Å².